The molecule has 0 fully saturated rings. The van der Waals surface area contributed by atoms with Crippen LogP contribution in [0.4, 0.5) is 0 Å². The van der Waals surface area contributed by atoms with Crippen LogP contribution in [0.3, 0.4) is 0 Å². The van der Waals surface area contributed by atoms with E-state index in [0.29, 0.717) is 0 Å². The second kappa shape index (κ2) is 5.45. The van der Waals surface area contributed by atoms with Gasteiger partial charge in [0.05, 0.1) is 11.0 Å². The van der Waals surface area contributed by atoms with E-state index in [-0.39, 0.29) is 5.69 Å². The molecule has 0 atom stereocenters. The summed E-state index contributed by atoms with van der Waals surface area (Å²) in [5.74, 6) is 0. The zero-order valence-corrected chi connectivity index (χ0v) is 11.9. The first-order valence-corrected chi connectivity index (χ1v) is 6.53. The fourth-order valence-corrected chi connectivity index (χ4v) is 2.34. The molecule has 1 aromatic heterocycles. The van der Waals surface area contributed by atoms with Crippen molar-refractivity contribution >= 4 is 16.7 Å². The summed E-state index contributed by atoms with van der Waals surface area (Å²) in [5.41, 5.74) is 2.68. The number of aromatic nitrogens is 2. The van der Waals surface area contributed by atoms with E-state index in [2.05, 4.69) is 11.5 Å². The van der Waals surface area contributed by atoms with Gasteiger partial charge in [-0.25, -0.2) is 4.79 Å². The van der Waals surface area contributed by atoms with E-state index >= 15 is 0 Å². The molecule has 2 rings (SSSR count). The first-order chi connectivity index (χ1) is 9.02. The summed E-state index contributed by atoms with van der Waals surface area (Å²) in [6.07, 6.45) is 0.955. The lowest BCUT2D eigenvalue weighted by Crippen LogP contribution is -2.25. The lowest BCUT2D eigenvalue weighted by Gasteiger charge is -2.09. The van der Waals surface area contributed by atoms with Crippen LogP contribution in [-0.4, -0.2) is 34.7 Å². The number of hydrogen-bond donors (Lipinski definition) is 0. The maximum atomic E-state index is 12.5. The van der Waals surface area contributed by atoms with E-state index in [1.165, 1.54) is 0 Å². The molecule has 0 aliphatic carbocycles. The van der Waals surface area contributed by atoms with Crippen molar-refractivity contribution in [1.29, 1.82) is 0 Å². The molecule has 4 heteroatoms. The fourth-order valence-electron chi connectivity index (χ4n) is 2.34. The molecule has 0 bridgehead atoms. The number of nitrogens with zero attached hydrogens (tertiary/aromatic N) is 3. The molecule has 0 aliphatic rings. The molecule has 1 heterocycles. The molecule has 102 valence electrons. The lowest BCUT2D eigenvalue weighted by atomic mass is 10.3. The molecular weight excluding hydrogens is 238 g/mol. The molecule has 0 saturated carbocycles. The number of aryl methyl sites for hydroxylation is 1. The Balaban J connectivity index is 2.46. The zero-order chi connectivity index (χ0) is 14.0. The largest absolute Gasteiger partial charge is 0.333 e. The molecule has 0 aliphatic heterocycles. The third kappa shape index (κ3) is 2.63. The van der Waals surface area contributed by atoms with Gasteiger partial charge in [0.25, 0.3) is 0 Å². The first kappa shape index (κ1) is 13.6. The number of hydrogen-bond acceptors (Lipinski definition) is 2. The molecule has 4 nitrogen and oxygen atoms in total. The van der Waals surface area contributed by atoms with Crippen molar-refractivity contribution in [2.45, 2.75) is 19.9 Å². The van der Waals surface area contributed by atoms with Crippen molar-refractivity contribution < 1.29 is 0 Å². The van der Waals surface area contributed by atoms with Gasteiger partial charge in [0.2, 0.25) is 0 Å². The van der Waals surface area contributed by atoms with Gasteiger partial charge < -0.3 is 4.90 Å². The van der Waals surface area contributed by atoms with Crippen molar-refractivity contribution in [2.75, 3.05) is 20.6 Å². The van der Waals surface area contributed by atoms with Crippen LogP contribution in [-0.2, 0) is 6.54 Å². The summed E-state index contributed by atoms with van der Waals surface area (Å²) in [6, 6.07) is 7.87. The van der Waals surface area contributed by atoms with Crippen molar-refractivity contribution in [3.63, 3.8) is 0 Å². The molecule has 19 heavy (non-hydrogen) atoms. The molecule has 0 unspecified atom stereocenters. The van der Waals surface area contributed by atoms with Gasteiger partial charge in [0, 0.05) is 12.2 Å². The number of rotatable bonds is 5. The van der Waals surface area contributed by atoms with Gasteiger partial charge in [-0.3, -0.25) is 9.13 Å². The van der Waals surface area contributed by atoms with E-state index in [1.54, 1.807) is 4.57 Å². The van der Waals surface area contributed by atoms with Crippen LogP contribution in [0.15, 0.2) is 35.6 Å². The maximum absolute atomic E-state index is 12.5. The van der Waals surface area contributed by atoms with Crippen LogP contribution >= 0.6 is 0 Å². The van der Waals surface area contributed by atoms with Crippen LogP contribution in [0.2, 0.25) is 0 Å². The number of fused-ring (bicyclic) bond motifs is 1. The monoisotopic (exact) mass is 259 g/mol. The summed E-state index contributed by atoms with van der Waals surface area (Å²) in [4.78, 5) is 14.6. The zero-order valence-electron chi connectivity index (χ0n) is 11.9. The maximum Gasteiger partial charge on any atom is 0.333 e. The second-order valence-corrected chi connectivity index (χ2v) is 5.15. The third-order valence-corrected chi connectivity index (χ3v) is 3.20. The van der Waals surface area contributed by atoms with Gasteiger partial charge in [0.1, 0.15) is 0 Å². The Morgan fingerprint density at radius 2 is 1.89 bits per heavy atom. The molecule has 2 aromatic rings. The van der Waals surface area contributed by atoms with E-state index in [0.717, 1.165) is 36.2 Å². The normalized spacial score (nSPS) is 11.4. The van der Waals surface area contributed by atoms with Crippen molar-refractivity contribution in [3.8, 4) is 0 Å². The molecular formula is C15H21N3O. The summed E-state index contributed by atoms with van der Waals surface area (Å²) >= 11 is 0. The highest BCUT2D eigenvalue weighted by Gasteiger charge is 2.12. The molecule has 0 amide bonds. The summed E-state index contributed by atoms with van der Waals surface area (Å²) in [7, 11) is 4.08. The summed E-state index contributed by atoms with van der Waals surface area (Å²) in [5, 5.41) is 0. The van der Waals surface area contributed by atoms with Gasteiger partial charge in [-0.1, -0.05) is 18.7 Å². The third-order valence-electron chi connectivity index (χ3n) is 3.20. The van der Waals surface area contributed by atoms with Crippen LogP contribution in [0.1, 0.15) is 13.3 Å². The minimum Gasteiger partial charge on any atom is -0.309 e. The average molecular weight is 259 g/mol. The van der Waals surface area contributed by atoms with Crippen LogP contribution in [0, 0.1) is 0 Å². The van der Waals surface area contributed by atoms with Crippen LogP contribution in [0.25, 0.3) is 16.7 Å². The predicted molar refractivity (Wildman–Crippen MR) is 80.4 cm³/mol. The summed E-state index contributed by atoms with van der Waals surface area (Å²) in [6.45, 7) is 7.46. The Labute approximate surface area is 113 Å². The first-order valence-electron chi connectivity index (χ1n) is 6.53. The number of para-hydroxylation sites is 2. The SMILES string of the molecule is C=C(C)n1c(=O)n(CCCN(C)C)c2ccccc21. The van der Waals surface area contributed by atoms with E-state index in [4.69, 9.17) is 0 Å². The quantitative estimate of drug-likeness (QED) is 0.824. The number of benzene rings is 1. The Morgan fingerprint density at radius 1 is 1.26 bits per heavy atom. The standard InChI is InChI=1S/C15H21N3O/c1-12(2)18-14-9-6-5-8-13(14)17(15(18)19)11-7-10-16(3)4/h5-6,8-9H,1,7,10-11H2,2-4H3. The highest BCUT2D eigenvalue weighted by Crippen LogP contribution is 2.15. The van der Waals surface area contributed by atoms with Crippen molar-refractivity contribution in [3.05, 3.63) is 41.3 Å². The molecule has 0 N–H and O–H groups in total. The smallest absolute Gasteiger partial charge is 0.309 e. The Kier molecular flexibility index (Phi) is 3.90. The predicted octanol–water partition coefficient (Wildman–Crippen LogP) is 2.25. The Bertz CT molecular complexity index is 649. The van der Waals surface area contributed by atoms with E-state index < -0.39 is 0 Å². The second-order valence-electron chi connectivity index (χ2n) is 5.15. The van der Waals surface area contributed by atoms with Crippen molar-refractivity contribution in [1.82, 2.24) is 14.0 Å². The minimum atomic E-state index is 0.00690. The molecule has 0 radical (unpaired) electrons. The van der Waals surface area contributed by atoms with Crippen LogP contribution in [0.5, 0.6) is 0 Å². The molecule has 1 aromatic carbocycles. The Morgan fingerprint density at radius 3 is 2.47 bits per heavy atom. The van der Waals surface area contributed by atoms with Crippen LogP contribution < -0.4 is 5.69 Å². The van der Waals surface area contributed by atoms with Gasteiger partial charge in [0.15, 0.2) is 0 Å². The molecule has 0 saturated heterocycles. The summed E-state index contributed by atoms with van der Waals surface area (Å²) < 4.78 is 3.53. The minimum absolute atomic E-state index is 0.00690. The highest BCUT2D eigenvalue weighted by atomic mass is 16.1. The van der Waals surface area contributed by atoms with E-state index in [9.17, 15) is 4.79 Å². The van der Waals surface area contributed by atoms with Gasteiger partial charge >= 0.3 is 5.69 Å². The number of imidazole rings is 1. The molecule has 0 spiro atoms. The number of allylic oxidation sites excluding steroid dienone is 1. The lowest BCUT2D eigenvalue weighted by molar-refractivity contribution is 0.386. The topological polar surface area (TPSA) is 30.2 Å². The van der Waals surface area contributed by atoms with Gasteiger partial charge in [-0.15, -0.1) is 0 Å². The average Bonchev–Trinajstić information content (AvgIpc) is 2.62. The fraction of sp³-hybridized carbons (Fsp3) is 0.400. The van der Waals surface area contributed by atoms with Gasteiger partial charge in [-0.05, 0) is 46.1 Å². The highest BCUT2D eigenvalue weighted by molar-refractivity contribution is 5.79. The van der Waals surface area contributed by atoms with Gasteiger partial charge in [-0.2, -0.15) is 0 Å². The van der Waals surface area contributed by atoms with Crippen molar-refractivity contribution in [2.24, 2.45) is 0 Å². The Hall–Kier alpha value is -1.81. The van der Waals surface area contributed by atoms with E-state index in [1.807, 2.05) is 49.9 Å².